The zero-order valence-electron chi connectivity index (χ0n) is 8.73. The van der Waals surface area contributed by atoms with Crippen LogP contribution in [0.2, 0.25) is 0 Å². The van der Waals surface area contributed by atoms with Gasteiger partial charge in [0.2, 0.25) is 0 Å². The molecule has 16 heavy (non-hydrogen) atoms. The van der Waals surface area contributed by atoms with E-state index in [1.165, 1.54) is 24.3 Å². The van der Waals surface area contributed by atoms with E-state index in [1.54, 1.807) is 0 Å². The quantitative estimate of drug-likeness (QED) is 0.660. The van der Waals surface area contributed by atoms with Crippen LogP contribution in [-0.4, -0.2) is 26.7 Å². The summed E-state index contributed by atoms with van der Waals surface area (Å²) in [6.45, 7) is -4.63. The van der Waals surface area contributed by atoms with Crippen molar-refractivity contribution >= 4 is 0 Å². The second kappa shape index (κ2) is 5.87. The highest BCUT2D eigenvalue weighted by Crippen LogP contribution is 2.38. The molecule has 0 N–H and O–H groups in total. The molecule has 0 saturated carbocycles. The van der Waals surface area contributed by atoms with Gasteiger partial charge < -0.3 is 0 Å². The first-order valence-electron chi connectivity index (χ1n) is 4.94. The molecule has 0 saturated heterocycles. The predicted octanol–water partition coefficient (Wildman–Crippen LogP) is 3.43. The molecule has 0 amide bonds. The van der Waals surface area contributed by atoms with Crippen LogP contribution in [0.25, 0.3) is 0 Å². The molecule has 0 nitrogen and oxygen atoms in total. The third-order valence-corrected chi connectivity index (χ3v) is 2.84. The van der Waals surface area contributed by atoms with Crippen molar-refractivity contribution in [1.29, 1.82) is 0 Å². The second-order valence-electron chi connectivity index (χ2n) is 3.80. The van der Waals surface area contributed by atoms with Crippen molar-refractivity contribution in [3.8, 4) is 0 Å². The fourth-order valence-corrected chi connectivity index (χ4v) is 1.62. The summed E-state index contributed by atoms with van der Waals surface area (Å²) in [6.07, 6.45) is 0. The van der Waals surface area contributed by atoms with Crippen LogP contribution in [0, 0.1) is 11.5 Å². The van der Waals surface area contributed by atoms with Gasteiger partial charge in [-0.15, -0.1) is 0 Å². The zero-order chi connectivity index (χ0) is 12.0. The molecule has 4 heteroatoms. The molecule has 0 fully saturated rings. The van der Waals surface area contributed by atoms with E-state index >= 15 is 0 Å². The lowest BCUT2D eigenvalue weighted by molar-refractivity contribution is 0.0691. The van der Waals surface area contributed by atoms with Crippen LogP contribution in [0.5, 0.6) is 0 Å². The molecular weight excluding hydrogens is 220 g/mol. The highest BCUT2D eigenvalue weighted by atomic mass is 19.2. The van der Waals surface area contributed by atoms with E-state index in [-0.39, 0.29) is 0 Å². The Bertz CT molecular complexity index is 287. The minimum Gasteiger partial charge on any atom is -0.250 e. The lowest BCUT2D eigenvalue weighted by Gasteiger charge is -2.32. The van der Waals surface area contributed by atoms with E-state index in [2.05, 4.69) is 6.07 Å². The minimum atomic E-state index is -1.89. The fraction of sp³-hybridized carbons (Fsp3) is 0.500. The Kier molecular flexibility index (Phi) is 4.77. The van der Waals surface area contributed by atoms with E-state index in [4.69, 9.17) is 0 Å². The summed E-state index contributed by atoms with van der Waals surface area (Å²) in [5.74, 6) is -1.10. The van der Waals surface area contributed by atoms with Crippen molar-refractivity contribution in [2.45, 2.75) is 5.92 Å². The van der Waals surface area contributed by atoms with Crippen molar-refractivity contribution in [2.24, 2.45) is 5.41 Å². The summed E-state index contributed by atoms with van der Waals surface area (Å²) in [4.78, 5) is 0. The number of hydrogen-bond acceptors (Lipinski definition) is 0. The topological polar surface area (TPSA) is 0 Å². The smallest absolute Gasteiger partial charge is 0.101 e. The maximum atomic E-state index is 12.9. The van der Waals surface area contributed by atoms with E-state index in [1.807, 2.05) is 0 Å². The Morgan fingerprint density at radius 1 is 1.00 bits per heavy atom. The molecule has 1 unspecified atom stereocenters. The van der Waals surface area contributed by atoms with E-state index < -0.39 is 38.0 Å². The Morgan fingerprint density at radius 2 is 1.50 bits per heavy atom. The minimum absolute atomic E-state index is 0.397. The number of rotatable bonds is 6. The molecule has 0 aliphatic rings. The van der Waals surface area contributed by atoms with Crippen molar-refractivity contribution in [3.05, 3.63) is 35.9 Å². The summed E-state index contributed by atoms with van der Waals surface area (Å²) in [7, 11) is 0. The van der Waals surface area contributed by atoms with Gasteiger partial charge in [-0.2, -0.15) is 0 Å². The van der Waals surface area contributed by atoms with Crippen LogP contribution < -0.4 is 0 Å². The number of halogens is 4. The van der Waals surface area contributed by atoms with Crippen molar-refractivity contribution in [2.75, 3.05) is 26.7 Å². The zero-order valence-corrected chi connectivity index (χ0v) is 8.73. The largest absolute Gasteiger partial charge is 0.250 e. The predicted molar refractivity (Wildman–Crippen MR) is 54.4 cm³/mol. The second-order valence-corrected chi connectivity index (χ2v) is 3.80. The monoisotopic (exact) mass is 233 g/mol. The fourth-order valence-electron chi connectivity index (χ4n) is 1.62. The average molecular weight is 233 g/mol. The van der Waals surface area contributed by atoms with E-state index in [0.717, 1.165) is 0 Å². The maximum absolute atomic E-state index is 12.9. The lowest BCUT2D eigenvalue weighted by Crippen LogP contribution is -2.37. The standard InChI is InChI=1S/C12H13F4/c13-6-11(10-4-2-1-3-5-10)12(7-14,8-15)9-16/h2-5,11H,6-9H2. The molecule has 0 aromatic heterocycles. The third-order valence-electron chi connectivity index (χ3n) is 2.84. The van der Waals surface area contributed by atoms with E-state index in [9.17, 15) is 17.6 Å². The molecule has 1 aromatic carbocycles. The van der Waals surface area contributed by atoms with Crippen LogP contribution in [0.4, 0.5) is 17.6 Å². The van der Waals surface area contributed by atoms with Crippen LogP contribution in [-0.2, 0) is 0 Å². The molecular formula is C12H13F4. The molecule has 0 spiro atoms. The van der Waals surface area contributed by atoms with Crippen molar-refractivity contribution in [3.63, 3.8) is 0 Å². The summed E-state index contributed by atoms with van der Waals surface area (Å²) < 4.78 is 51.2. The molecule has 0 aliphatic heterocycles. The van der Waals surface area contributed by atoms with Crippen LogP contribution >= 0.6 is 0 Å². The van der Waals surface area contributed by atoms with Gasteiger partial charge in [0.05, 0.1) is 12.1 Å². The summed E-state index contributed by atoms with van der Waals surface area (Å²) in [6, 6.07) is 8.74. The first kappa shape index (κ1) is 13.0. The lowest BCUT2D eigenvalue weighted by atomic mass is 9.75. The van der Waals surface area contributed by atoms with Crippen LogP contribution in [0.1, 0.15) is 11.5 Å². The molecule has 1 atom stereocenters. The first-order chi connectivity index (χ1) is 7.74. The van der Waals surface area contributed by atoms with Gasteiger partial charge >= 0.3 is 0 Å². The molecule has 1 aromatic rings. The number of benzene rings is 1. The van der Waals surface area contributed by atoms with Gasteiger partial charge in [-0.1, -0.05) is 24.3 Å². The van der Waals surface area contributed by atoms with Gasteiger partial charge in [0.25, 0.3) is 0 Å². The molecule has 89 valence electrons. The third kappa shape index (κ3) is 2.36. The summed E-state index contributed by atoms with van der Waals surface area (Å²) in [5, 5.41) is 0. The average Bonchev–Trinajstić information content (AvgIpc) is 2.37. The normalized spacial score (nSPS) is 13.8. The summed E-state index contributed by atoms with van der Waals surface area (Å²) >= 11 is 0. The van der Waals surface area contributed by atoms with Crippen molar-refractivity contribution < 1.29 is 17.6 Å². The van der Waals surface area contributed by atoms with Gasteiger partial charge in [0.15, 0.2) is 0 Å². The maximum Gasteiger partial charge on any atom is 0.101 e. The number of hydrogen-bond donors (Lipinski definition) is 0. The van der Waals surface area contributed by atoms with Gasteiger partial charge in [-0.05, 0) is 11.6 Å². The van der Waals surface area contributed by atoms with Gasteiger partial charge in [-0.3, -0.25) is 17.6 Å². The number of alkyl halides is 4. The van der Waals surface area contributed by atoms with E-state index in [0.29, 0.717) is 5.56 Å². The first-order valence-corrected chi connectivity index (χ1v) is 4.94. The Labute approximate surface area is 92.3 Å². The molecule has 1 rings (SSSR count). The summed E-state index contributed by atoms with van der Waals surface area (Å²) in [5.41, 5.74) is -1.50. The molecule has 1 radical (unpaired) electrons. The van der Waals surface area contributed by atoms with Gasteiger partial charge in [-0.25, -0.2) is 0 Å². The van der Waals surface area contributed by atoms with Gasteiger partial charge in [0, 0.05) is 5.92 Å². The molecule has 0 bridgehead atoms. The Hall–Kier alpha value is -1.06. The van der Waals surface area contributed by atoms with Crippen molar-refractivity contribution in [1.82, 2.24) is 0 Å². The Balaban J connectivity index is 3.05. The molecule has 0 aliphatic carbocycles. The SMILES string of the molecule is FCC(c1cc[c]cc1)C(CF)(CF)CF. The molecule has 0 heterocycles. The highest BCUT2D eigenvalue weighted by Gasteiger charge is 2.40. The van der Waals surface area contributed by atoms with Crippen LogP contribution in [0.15, 0.2) is 24.3 Å². The van der Waals surface area contributed by atoms with Crippen LogP contribution in [0.3, 0.4) is 0 Å². The Morgan fingerprint density at radius 3 is 1.88 bits per heavy atom. The highest BCUT2D eigenvalue weighted by molar-refractivity contribution is 5.22. The van der Waals surface area contributed by atoms with Gasteiger partial charge in [0.1, 0.15) is 20.0 Å².